The Hall–Kier alpha value is -2.25. The van der Waals surface area contributed by atoms with Gasteiger partial charge in [0.15, 0.2) is 0 Å². The van der Waals surface area contributed by atoms with Gasteiger partial charge in [-0.3, -0.25) is 9.11 Å². The Balaban J connectivity index is 0.00000588. The standard InChI is InChI=1S/C29H36N2O7S2.Na.H/c1-29(2,3)28-21-23(11-7-8-16-30-24-12-5-4-6-13-24)26-15-14-25(22-27(26)38-28)31(17-9-19-39(32,33)34)18-10-20-40(35,36)37;;/h4-8,11-16,21-22,30H,9-10,17-20H2,1-3H3,(H-,32,33,34,35,36,37);;/p+1/b11-7+,16-8+;;. The molecule has 0 atom stereocenters. The van der Waals surface area contributed by atoms with Crippen LogP contribution in [0.2, 0.25) is 0 Å². The summed E-state index contributed by atoms with van der Waals surface area (Å²) in [6.45, 7) is 6.66. The zero-order valence-corrected chi connectivity index (χ0v) is 24.6. The second-order valence-corrected chi connectivity index (χ2v) is 13.6. The molecule has 0 fully saturated rings. The van der Waals surface area contributed by atoms with E-state index >= 15 is 0 Å². The van der Waals surface area contributed by atoms with Gasteiger partial charge in [-0.1, -0.05) is 30.4 Å². The van der Waals surface area contributed by atoms with Gasteiger partial charge in [0.2, 0.25) is 0 Å². The van der Waals surface area contributed by atoms with E-state index in [1.807, 2.05) is 83.9 Å². The molecule has 0 aliphatic heterocycles. The molecule has 41 heavy (non-hydrogen) atoms. The molecule has 0 spiro atoms. The van der Waals surface area contributed by atoms with Crippen LogP contribution in [0.4, 0.5) is 11.4 Å². The molecule has 3 aromatic rings. The van der Waals surface area contributed by atoms with E-state index in [0.29, 0.717) is 11.3 Å². The molecule has 218 valence electrons. The van der Waals surface area contributed by atoms with Crippen molar-refractivity contribution in [2.45, 2.75) is 39.0 Å². The first kappa shape index (κ1) is 34.9. The second-order valence-electron chi connectivity index (χ2n) is 10.5. The monoisotopic (exact) mass is 613 g/mol. The van der Waals surface area contributed by atoms with Crippen LogP contribution >= 0.6 is 0 Å². The van der Waals surface area contributed by atoms with E-state index in [9.17, 15) is 16.8 Å². The third kappa shape index (κ3) is 12.3. The van der Waals surface area contributed by atoms with Gasteiger partial charge in [-0.2, -0.15) is 16.8 Å². The van der Waals surface area contributed by atoms with Crippen LogP contribution in [0.1, 0.15) is 44.9 Å². The van der Waals surface area contributed by atoms with E-state index in [0.717, 1.165) is 22.4 Å². The third-order valence-corrected chi connectivity index (χ3v) is 7.66. The van der Waals surface area contributed by atoms with Crippen molar-refractivity contribution in [3.05, 3.63) is 84.3 Å². The zero-order valence-electron chi connectivity index (χ0n) is 22.9. The van der Waals surface area contributed by atoms with Crippen molar-refractivity contribution in [3.63, 3.8) is 0 Å². The molecule has 0 aliphatic rings. The molecule has 2 aromatic carbocycles. The molecular formula is C29H38N2NaO7S2+. The number of allylic oxidation sites excluding steroid dienone is 2. The quantitative estimate of drug-likeness (QED) is 0.101. The molecule has 3 rings (SSSR count). The molecule has 0 saturated carbocycles. The topological polar surface area (TPSA) is 135 Å². The maximum atomic E-state index is 11.2. The average Bonchev–Trinajstić information content (AvgIpc) is 2.85. The number of fused-ring (bicyclic) bond motifs is 1. The molecule has 9 nitrogen and oxygen atoms in total. The fourth-order valence-corrected chi connectivity index (χ4v) is 5.03. The minimum atomic E-state index is -4.14. The maximum absolute atomic E-state index is 11.2. The van der Waals surface area contributed by atoms with E-state index < -0.39 is 31.7 Å². The Morgan fingerprint density at radius 1 is 0.878 bits per heavy atom. The predicted molar refractivity (Wildman–Crippen MR) is 169 cm³/mol. The van der Waals surface area contributed by atoms with Crippen molar-refractivity contribution in [2.24, 2.45) is 0 Å². The summed E-state index contributed by atoms with van der Waals surface area (Å²) in [6.07, 6.45) is 7.95. The summed E-state index contributed by atoms with van der Waals surface area (Å²) in [5.74, 6) is -0.0714. The van der Waals surface area contributed by atoms with Gasteiger partial charge in [-0.25, -0.2) is 4.42 Å². The summed E-state index contributed by atoms with van der Waals surface area (Å²) in [5, 5.41) is 4.08. The van der Waals surface area contributed by atoms with Crippen molar-refractivity contribution < 1.29 is 30.4 Å². The molecule has 1 aromatic heterocycles. The molecule has 0 aliphatic carbocycles. The van der Waals surface area contributed by atoms with E-state index in [2.05, 4.69) is 26.1 Å². The molecule has 0 radical (unpaired) electrons. The Labute approximate surface area is 265 Å². The van der Waals surface area contributed by atoms with E-state index in [1.165, 1.54) is 0 Å². The van der Waals surface area contributed by atoms with Crippen molar-refractivity contribution in [1.29, 1.82) is 0 Å². The Morgan fingerprint density at radius 2 is 1.49 bits per heavy atom. The van der Waals surface area contributed by atoms with Gasteiger partial charge in [0.05, 0.1) is 28.4 Å². The second kappa shape index (κ2) is 15.3. The zero-order chi connectivity index (χ0) is 29.4. The number of para-hydroxylation sites is 1. The molecule has 1 heterocycles. The van der Waals surface area contributed by atoms with Gasteiger partial charge in [0.25, 0.3) is 20.2 Å². The summed E-state index contributed by atoms with van der Waals surface area (Å²) in [6, 6.07) is 17.4. The number of anilines is 2. The van der Waals surface area contributed by atoms with Gasteiger partial charge in [-0.15, -0.1) is 0 Å². The Kier molecular flexibility index (Phi) is 13.0. The van der Waals surface area contributed by atoms with Crippen molar-refractivity contribution in [2.75, 3.05) is 34.8 Å². The van der Waals surface area contributed by atoms with Gasteiger partial charge in [-0.05, 0) is 64.0 Å². The van der Waals surface area contributed by atoms with Crippen LogP contribution in [-0.4, -0.2) is 80.1 Å². The normalized spacial score (nSPS) is 12.6. The van der Waals surface area contributed by atoms with Crippen LogP contribution in [0.3, 0.4) is 0 Å². The SMILES string of the molecule is CC(C)(C)c1cc(/C=C/C=C/Nc2ccccc2)c2ccc(N(CCCS(=O)(=O)O)CCCS(=O)(=O)O)cc2[o+]1.[NaH]. The Bertz CT molecular complexity index is 1530. The fourth-order valence-electron chi connectivity index (χ4n) is 4.04. The number of hydrogen-bond donors (Lipinski definition) is 3. The van der Waals surface area contributed by atoms with Gasteiger partial charge in [0, 0.05) is 42.3 Å². The molecule has 0 bridgehead atoms. The summed E-state index contributed by atoms with van der Waals surface area (Å²) in [7, 11) is -8.27. The summed E-state index contributed by atoms with van der Waals surface area (Å²) in [5.41, 5.74) is 2.98. The molecule has 0 amide bonds. The number of nitrogens with one attached hydrogen (secondary N) is 1. The van der Waals surface area contributed by atoms with Crippen LogP contribution < -0.4 is 10.2 Å². The van der Waals surface area contributed by atoms with Crippen molar-refractivity contribution in [1.82, 2.24) is 0 Å². The summed E-state index contributed by atoms with van der Waals surface area (Å²) in [4.78, 5) is 1.82. The first-order valence-electron chi connectivity index (χ1n) is 12.9. The predicted octanol–water partition coefficient (Wildman–Crippen LogP) is 5.36. The van der Waals surface area contributed by atoms with Crippen molar-refractivity contribution >= 4 is 78.2 Å². The number of benzene rings is 2. The molecular weight excluding hydrogens is 575 g/mol. The van der Waals surface area contributed by atoms with Crippen LogP contribution in [0.5, 0.6) is 0 Å². The summed E-state index contributed by atoms with van der Waals surface area (Å²) >= 11 is 0. The van der Waals surface area contributed by atoms with Gasteiger partial charge >= 0.3 is 40.9 Å². The van der Waals surface area contributed by atoms with E-state index in [-0.39, 0.29) is 60.9 Å². The third-order valence-electron chi connectivity index (χ3n) is 6.05. The van der Waals surface area contributed by atoms with Gasteiger partial charge < -0.3 is 10.2 Å². The van der Waals surface area contributed by atoms with Crippen LogP contribution in [0, 0.1) is 0 Å². The molecule has 0 unspecified atom stereocenters. The summed E-state index contributed by atoms with van der Waals surface area (Å²) < 4.78 is 69.5. The Morgan fingerprint density at radius 3 is 2.05 bits per heavy atom. The van der Waals surface area contributed by atoms with E-state index in [4.69, 9.17) is 13.5 Å². The first-order chi connectivity index (χ1) is 18.7. The van der Waals surface area contributed by atoms with Crippen LogP contribution in [0.25, 0.3) is 17.0 Å². The van der Waals surface area contributed by atoms with Crippen LogP contribution in [-0.2, 0) is 25.7 Å². The first-order valence-corrected chi connectivity index (χ1v) is 16.1. The minimum absolute atomic E-state index is 0. The molecule has 12 heteroatoms. The number of rotatable bonds is 13. The van der Waals surface area contributed by atoms with Crippen molar-refractivity contribution in [3.8, 4) is 0 Å². The number of nitrogens with zero attached hydrogens (tertiary/aromatic N) is 1. The fraction of sp³-hybridized carbons (Fsp3) is 0.345. The molecule has 3 N–H and O–H groups in total. The molecule has 0 saturated heterocycles. The van der Waals surface area contributed by atoms with E-state index in [1.54, 1.807) is 0 Å². The van der Waals surface area contributed by atoms with Gasteiger partial charge in [0.1, 0.15) is 0 Å². The van der Waals surface area contributed by atoms with Crippen LogP contribution in [0.15, 0.2) is 77.4 Å². The number of hydrogen-bond acceptors (Lipinski definition) is 6. The average molecular weight is 614 g/mol.